The molecule has 0 aliphatic heterocycles. The number of amides is 1. The van der Waals surface area contributed by atoms with E-state index in [-0.39, 0.29) is 16.5 Å². The Kier molecular flexibility index (Phi) is 7.09. The van der Waals surface area contributed by atoms with Crippen LogP contribution >= 0.6 is 23.2 Å². The van der Waals surface area contributed by atoms with Crippen molar-refractivity contribution in [2.45, 2.75) is 19.3 Å². The molecule has 1 N–H and O–H groups in total. The number of carbonyl (C=O) groups excluding carboxylic acids is 2. The largest absolute Gasteiger partial charge is 0.423 e. The van der Waals surface area contributed by atoms with Crippen LogP contribution < -0.4 is 10.1 Å². The third-order valence-corrected chi connectivity index (χ3v) is 3.79. The van der Waals surface area contributed by atoms with E-state index in [0.29, 0.717) is 23.7 Å². The van der Waals surface area contributed by atoms with Gasteiger partial charge >= 0.3 is 5.97 Å². The van der Waals surface area contributed by atoms with Crippen LogP contribution in [-0.2, 0) is 4.79 Å². The van der Waals surface area contributed by atoms with E-state index in [1.54, 1.807) is 30.3 Å². The van der Waals surface area contributed by atoms with Gasteiger partial charge in [-0.3, -0.25) is 4.79 Å². The molecule has 0 fully saturated rings. The van der Waals surface area contributed by atoms with Crippen LogP contribution in [0.3, 0.4) is 0 Å². The number of alkyl halides is 1. The zero-order valence-electron chi connectivity index (χ0n) is 12.9. The van der Waals surface area contributed by atoms with E-state index in [9.17, 15) is 9.59 Å². The molecule has 0 unspecified atom stereocenters. The molecule has 0 bridgehead atoms. The molecule has 6 heteroatoms. The average Bonchev–Trinajstić information content (AvgIpc) is 2.56. The second-order valence-corrected chi connectivity index (χ2v) is 5.88. The molecule has 4 nitrogen and oxygen atoms in total. The van der Waals surface area contributed by atoms with Crippen molar-refractivity contribution < 1.29 is 14.3 Å². The topological polar surface area (TPSA) is 55.4 Å². The zero-order valence-corrected chi connectivity index (χ0v) is 14.4. The number of benzene rings is 2. The Morgan fingerprint density at radius 2 is 1.79 bits per heavy atom. The van der Waals surface area contributed by atoms with Crippen LogP contribution in [0.1, 0.15) is 29.6 Å². The number of rotatable bonds is 7. The Balaban J connectivity index is 1.98. The van der Waals surface area contributed by atoms with Gasteiger partial charge in [0.05, 0.1) is 10.6 Å². The Bertz CT molecular complexity index is 705. The van der Waals surface area contributed by atoms with Crippen molar-refractivity contribution in [2.75, 3.05) is 11.2 Å². The first kappa shape index (κ1) is 18.3. The summed E-state index contributed by atoms with van der Waals surface area (Å²) in [6.45, 7) is 0. The maximum absolute atomic E-state index is 12.1. The van der Waals surface area contributed by atoms with E-state index >= 15 is 0 Å². The molecule has 0 aromatic heterocycles. The summed E-state index contributed by atoms with van der Waals surface area (Å²) in [6, 6.07) is 13.4. The predicted octanol–water partition coefficient (Wildman–Crippen LogP) is 4.91. The fourth-order valence-corrected chi connectivity index (χ4v) is 2.46. The SMILES string of the molecule is O=C(CCCCCl)Nc1ccc(C(=O)Oc2ccccc2)c(Cl)c1. The number of para-hydroxylation sites is 1. The monoisotopic (exact) mass is 365 g/mol. The van der Waals surface area contributed by atoms with Gasteiger partial charge in [0.25, 0.3) is 0 Å². The van der Waals surface area contributed by atoms with Crippen molar-refractivity contribution in [3.05, 3.63) is 59.1 Å². The highest BCUT2D eigenvalue weighted by Gasteiger charge is 2.14. The predicted molar refractivity (Wildman–Crippen MR) is 96.1 cm³/mol. The van der Waals surface area contributed by atoms with Gasteiger partial charge in [0, 0.05) is 18.0 Å². The first-order chi connectivity index (χ1) is 11.6. The normalized spacial score (nSPS) is 10.2. The van der Waals surface area contributed by atoms with Crippen LogP contribution in [0, 0.1) is 0 Å². The summed E-state index contributed by atoms with van der Waals surface area (Å²) in [7, 11) is 0. The minimum absolute atomic E-state index is 0.115. The minimum Gasteiger partial charge on any atom is -0.423 e. The first-order valence-electron chi connectivity index (χ1n) is 7.53. The molecule has 0 spiro atoms. The average molecular weight is 366 g/mol. The van der Waals surface area contributed by atoms with Gasteiger partial charge in [0.2, 0.25) is 5.91 Å². The Morgan fingerprint density at radius 1 is 1.04 bits per heavy atom. The molecule has 126 valence electrons. The second kappa shape index (κ2) is 9.30. The first-order valence-corrected chi connectivity index (χ1v) is 8.44. The van der Waals surface area contributed by atoms with Crippen molar-refractivity contribution in [2.24, 2.45) is 0 Å². The number of carbonyl (C=O) groups is 2. The van der Waals surface area contributed by atoms with Gasteiger partial charge in [-0.2, -0.15) is 0 Å². The molecular weight excluding hydrogens is 349 g/mol. The zero-order chi connectivity index (χ0) is 17.4. The summed E-state index contributed by atoms with van der Waals surface area (Å²) in [5.74, 6) is 0.314. The molecule has 24 heavy (non-hydrogen) atoms. The fraction of sp³-hybridized carbons (Fsp3) is 0.222. The number of ether oxygens (including phenoxy) is 1. The maximum Gasteiger partial charge on any atom is 0.345 e. The highest BCUT2D eigenvalue weighted by molar-refractivity contribution is 6.34. The lowest BCUT2D eigenvalue weighted by atomic mass is 10.2. The van der Waals surface area contributed by atoms with Crippen LogP contribution in [0.4, 0.5) is 5.69 Å². The summed E-state index contributed by atoms with van der Waals surface area (Å²) in [6.07, 6.45) is 1.91. The fourth-order valence-electron chi connectivity index (χ4n) is 2.01. The Morgan fingerprint density at radius 3 is 2.46 bits per heavy atom. The molecule has 1 amide bonds. The van der Waals surface area contributed by atoms with Crippen LogP contribution in [-0.4, -0.2) is 17.8 Å². The van der Waals surface area contributed by atoms with Gasteiger partial charge in [0.1, 0.15) is 5.75 Å². The van der Waals surface area contributed by atoms with Gasteiger partial charge in [-0.15, -0.1) is 11.6 Å². The van der Waals surface area contributed by atoms with Crippen molar-refractivity contribution in [3.8, 4) is 5.75 Å². The van der Waals surface area contributed by atoms with Gasteiger partial charge < -0.3 is 10.1 Å². The van der Waals surface area contributed by atoms with Crippen LogP contribution in [0.15, 0.2) is 48.5 Å². The number of esters is 1. The number of unbranched alkanes of at least 4 members (excludes halogenated alkanes) is 1. The Hall–Kier alpha value is -2.04. The number of nitrogens with one attached hydrogen (secondary N) is 1. The molecule has 0 radical (unpaired) electrons. The van der Waals surface area contributed by atoms with Gasteiger partial charge in [-0.1, -0.05) is 29.8 Å². The lowest BCUT2D eigenvalue weighted by Crippen LogP contribution is -2.12. The van der Waals surface area contributed by atoms with E-state index in [0.717, 1.165) is 12.8 Å². The smallest absolute Gasteiger partial charge is 0.345 e. The van der Waals surface area contributed by atoms with Gasteiger partial charge in [-0.05, 0) is 43.2 Å². The molecule has 2 aromatic carbocycles. The van der Waals surface area contributed by atoms with Crippen molar-refractivity contribution >= 4 is 40.8 Å². The molecule has 0 atom stereocenters. The lowest BCUT2D eigenvalue weighted by Gasteiger charge is -2.09. The van der Waals surface area contributed by atoms with Gasteiger partial charge in [0.15, 0.2) is 0 Å². The molecule has 0 aliphatic carbocycles. The third kappa shape index (κ3) is 5.55. The van der Waals surface area contributed by atoms with E-state index in [1.807, 2.05) is 6.07 Å². The van der Waals surface area contributed by atoms with E-state index < -0.39 is 5.97 Å². The molecule has 0 saturated heterocycles. The molecular formula is C18H17Cl2NO3. The quantitative estimate of drug-likeness (QED) is 0.328. The number of halogens is 2. The van der Waals surface area contributed by atoms with Crippen molar-refractivity contribution in [1.29, 1.82) is 0 Å². The molecule has 0 saturated carbocycles. The van der Waals surface area contributed by atoms with E-state index in [2.05, 4.69) is 5.32 Å². The Labute approximate surface area is 150 Å². The molecule has 2 rings (SSSR count). The summed E-state index contributed by atoms with van der Waals surface area (Å²) in [4.78, 5) is 23.9. The summed E-state index contributed by atoms with van der Waals surface area (Å²) < 4.78 is 5.24. The van der Waals surface area contributed by atoms with E-state index in [4.69, 9.17) is 27.9 Å². The van der Waals surface area contributed by atoms with Crippen LogP contribution in [0.2, 0.25) is 5.02 Å². The summed E-state index contributed by atoms with van der Waals surface area (Å²) >= 11 is 11.7. The molecule has 0 aliphatic rings. The second-order valence-electron chi connectivity index (χ2n) is 5.09. The standard InChI is InChI=1S/C18H17Cl2NO3/c19-11-5-4-8-17(22)21-13-9-10-15(16(20)12-13)18(23)24-14-6-2-1-3-7-14/h1-3,6-7,9-10,12H,4-5,8,11H2,(H,21,22). The molecule has 0 heterocycles. The van der Waals surface area contributed by atoms with Crippen LogP contribution in [0.5, 0.6) is 5.75 Å². The number of hydrogen-bond acceptors (Lipinski definition) is 3. The highest BCUT2D eigenvalue weighted by atomic mass is 35.5. The van der Waals surface area contributed by atoms with Crippen LogP contribution in [0.25, 0.3) is 0 Å². The number of hydrogen-bond donors (Lipinski definition) is 1. The summed E-state index contributed by atoms with van der Waals surface area (Å²) in [5, 5.41) is 2.96. The maximum atomic E-state index is 12.1. The number of anilines is 1. The van der Waals surface area contributed by atoms with Crippen molar-refractivity contribution in [1.82, 2.24) is 0 Å². The molecule has 2 aromatic rings. The highest BCUT2D eigenvalue weighted by Crippen LogP contribution is 2.23. The third-order valence-electron chi connectivity index (χ3n) is 3.21. The minimum atomic E-state index is -0.550. The van der Waals surface area contributed by atoms with E-state index in [1.165, 1.54) is 12.1 Å². The summed E-state index contributed by atoms with van der Waals surface area (Å²) in [5.41, 5.74) is 0.771. The van der Waals surface area contributed by atoms with Gasteiger partial charge in [-0.25, -0.2) is 4.79 Å². The van der Waals surface area contributed by atoms with Crippen molar-refractivity contribution in [3.63, 3.8) is 0 Å². The lowest BCUT2D eigenvalue weighted by molar-refractivity contribution is -0.116.